The molecule has 0 fully saturated rings. The van der Waals surface area contributed by atoms with Gasteiger partial charge < -0.3 is 4.74 Å². The quantitative estimate of drug-likeness (QED) is 0.168. The van der Waals surface area contributed by atoms with E-state index in [1.54, 1.807) is 5.92 Å². The third-order valence-electron chi connectivity index (χ3n) is 0.303. The molecule has 0 aliphatic rings. The van der Waals surface area contributed by atoms with Gasteiger partial charge in [-0.05, 0) is 0 Å². The summed E-state index contributed by atoms with van der Waals surface area (Å²) in [4.78, 5) is 9.72. The van der Waals surface area contributed by atoms with E-state index >= 15 is 0 Å². The summed E-state index contributed by atoms with van der Waals surface area (Å²) in [5.41, 5.74) is 0. The molecule has 0 saturated carbocycles. The molecule has 0 amide bonds. The molecule has 0 aliphatic carbocycles. The summed E-state index contributed by atoms with van der Waals surface area (Å²) in [5.74, 6) is 1.12. The molecule has 7 heavy (non-hydrogen) atoms. The Hall–Kier alpha value is -0.373. The van der Waals surface area contributed by atoms with E-state index in [1.165, 1.54) is 7.11 Å². The number of methoxy groups -OCH3 is 1. The van der Waals surface area contributed by atoms with Gasteiger partial charge in [0.15, 0.2) is 0 Å². The van der Waals surface area contributed by atoms with Crippen molar-refractivity contribution in [2.75, 3.05) is 7.11 Å². The topological polar surface area (TPSA) is 26.3 Å². The number of hydrogen-bond acceptors (Lipinski definition) is 2. The van der Waals surface area contributed by atoms with Crippen molar-refractivity contribution in [2.45, 2.75) is 0 Å². The van der Waals surface area contributed by atoms with Gasteiger partial charge in [-0.15, -0.1) is 6.42 Å². The molecule has 0 unspecified atom stereocenters. The van der Waals surface area contributed by atoms with Crippen LogP contribution in [0, 0.1) is 12.3 Å². The number of rotatable bonds is 0. The van der Waals surface area contributed by atoms with Crippen LogP contribution in [0.25, 0.3) is 0 Å². The fourth-order valence-corrected chi connectivity index (χ4v) is 0.0589. The molecule has 0 spiro atoms. The van der Waals surface area contributed by atoms with Crippen molar-refractivity contribution in [3.8, 4) is 12.3 Å². The molecule has 0 heterocycles. The minimum absolute atomic E-state index is 0. The molecule has 0 aliphatic heterocycles. The predicted octanol–water partition coefficient (Wildman–Crippen LogP) is -0.856. The molecule has 0 aromatic carbocycles. The number of ether oxygens (including phenoxy) is 1. The number of hydrogen-bond donors (Lipinski definition) is 0. The van der Waals surface area contributed by atoms with Crippen molar-refractivity contribution in [2.24, 2.45) is 0 Å². The second kappa shape index (κ2) is 5.63. The van der Waals surface area contributed by atoms with Gasteiger partial charge in [-0.1, -0.05) is 0 Å². The maximum absolute atomic E-state index is 9.72. The Morgan fingerprint density at radius 1 is 1.86 bits per heavy atom. The van der Waals surface area contributed by atoms with Crippen molar-refractivity contribution in [1.29, 1.82) is 0 Å². The van der Waals surface area contributed by atoms with Crippen molar-refractivity contribution in [3.63, 3.8) is 0 Å². The van der Waals surface area contributed by atoms with Gasteiger partial charge in [0.2, 0.25) is 0 Å². The molecule has 0 rings (SSSR count). The van der Waals surface area contributed by atoms with Crippen LogP contribution in [0.15, 0.2) is 0 Å². The number of carbonyl (C=O) groups excluding carboxylic acids is 1. The Balaban J connectivity index is 0. The summed E-state index contributed by atoms with van der Waals surface area (Å²) in [6.45, 7) is 0. The number of terminal acetylenes is 1. The molecule has 0 atom stereocenters. The zero-order valence-corrected chi connectivity index (χ0v) is 3.39. The summed E-state index contributed by atoms with van der Waals surface area (Å²) >= 11 is 0. The van der Waals surface area contributed by atoms with Gasteiger partial charge >= 0.3 is 24.8 Å². The third-order valence-corrected chi connectivity index (χ3v) is 0.303. The zero-order valence-electron chi connectivity index (χ0n) is 3.39. The molecule has 0 aromatic heterocycles. The summed E-state index contributed by atoms with van der Waals surface area (Å²) in [6, 6.07) is 0. The molecular weight excluding hydrogens is 87.0 g/mol. The summed E-state index contributed by atoms with van der Waals surface area (Å²) in [6.07, 6.45) is 4.56. The predicted molar refractivity (Wildman–Crippen MR) is 28.0 cm³/mol. The van der Waals surface area contributed by atoms with Crippen molar-refractivity contribution in [3.05, 3.63) is 0 Å². The van der Waals surface area contributed by atoms with E-state index in [0.29, 0.717) is 0 Å². The Bertz CT molecular complexity index is 92.4. The Labute approximate surface area is 54.4 Å². The van der Waals surface area contributed by atoms with E-state index in [-0.39, 0.29) is 18.9 Å². The van der Waals surface area contributed by atoms with Crippen LogP contribution in [0.3, 0.4) is 0 Å². The fraction of sp³-hybridized carbons (Fsp3) is 0.250. The molecule has 2 nitrogen and oxygen atoms in total. The van der Waals surface area contributed by atoms with Crippen molar-refractivity contribution in [1.82, 2.24) is 0 Å². The first-order valence-corrected chi connectivity index (χ1v) is 1.36. The van der Waals surface area contributed by atoms with E-state index in [2.05, 4.69) is 11.2 Å². The van der Waals surface area contributed by atoms with Gasteiger partial charge in [0.25, 0.3) is 0 Å². The van der Waals surface area contributed by atoms with Gasteiger partial charge in [0, 0.05) is 5.92 Å². The third kappa shape index (κ3) is 5.63. The van der Waals surface area contributed by atoms with Crippen LogP contribution in [0.5, 0.6) is 0 Å². The van der Waals surface area contributed by atoms with Crippen LogP contribution in [0.1, 0.15) is 0 Å². The Morgan fingerprint density at radius 2 is 2.29 bits per heavy atom. The first-order valence-electron chi connectivity index (χ1n) is 1.36. The van der Waals surface area contributed by atoms with Gasteiger partial charge in [0.1, 0.15) is 0 Å². The van der Waals surface area contributed by atoms with Crippen LogP contribution < -0.4 is 0 Å². The van der Waals surface area contributed by atoms with Crippen LogP contribution in [-0.2, 0) is 9.53 Å². The van der Waals surface area contributed by atoms with Crippen LogP contribution in [0.4, 0.5) is 0 Å². The van der Waals surface area contributed by atoms with E-state index in [9.17, 15) is 4.79 Å². The number of esters is 1. The Morgan fingerprint density at radius 3 is 2.29 bits per heavy atom. The molecule has 3 heteroatoms. The van der Waals surface area contributed by atoms with E-state index < -0.39 is 5.97 Å². The first-order chi connectivity index (χ1) is 2.81. The maximum atomic E-state index is 9.72. The van der Waals surface area contributed by atoms with Gasteiger partial charge in [-0.25, -0.2) is 4.79 Å². The summed E-state index contributed by atoms with van der Waals surface area (Å²) in [7, 11) is 1.24. The second-order valence-electron chi connectivity index (χ2n) is 0.636. The van der Waals surface area contributed by atoms with Crippen LogP contribution in [0.2, 0.25) is 0 Å². The van der Waals surface area contributed by atoms with Crippen molar-refractivity contribution >= 4 is 24.8 Å². The second-order valence-corrected chi connectivity index (χ2v) is 0.636. The van der Waals surface area contributed by atoms with E-state index in [0.717, 1.165) is 0 Å². The molecule has 0 N–H and O–H groups in total. The van der Waals surface area contributed by atoms with Gasteiger partial charge in [0.05, 0.1) is 7.11 Å². The van der Waals surface area contributed by atoms with Crippen molar-refractivity contribution < 1.29 is 9.53 Å². The molecular formula is C4H5LiO2. The van der Waals surface area contributed by atoms with Gasteiger partial charge in [-0.3, -0.25) is 0 Å². The average Bonchev–Trinajstić information content (AvgIpc) is 1.65. The Kier molecular flexibility index (Phi) is 7.88. The SMILES string of the molecule is C#CC(=O)OC.[LiH]. The average molecular weight is 92.0 g/mol. The standard InChI is InChI=1S/C4H4O2.Li.H/c1-3-4(5)6-2;;/h1H,2H3;;. The summed E-state index contributed by atoms with van der Waals surface area (Å²) in [5, 5.41) is 0. The van der Waals surface area contributed by atoms with Gasteiger partial charge in [-0.2, -0.15) is 0 Å². The minimum atomic E-state index is -0.630. The molecule has 34 valence electrons. The normalized spacial score (nSPS) is 5.14. The molecule has 0 saturated heterocycles. The molecule has 0 bridgehead atoms. The first kappa shape index (κ1) is 9.80. The molecule has 0 radical (unpaired) electrons. The summed E-state index contributed by atoms with van der Waals surface area (Å²) < 4.78 is 4.02. The van der Waals surface area contributed by atoms with E-state index in [4.69, 9.17) is 0 Å². The monoisotopic (exact) mass is 92.0 g/mol. The van der Waals surface area contributed by atoms with Crippen LogP contribution >= 0.6 is 0 Å². The van der Waals surface area contributed by atoms with E-state index in [1.807, 2.05) is 0 Å². The number of carbonyl (C=O) groups is 1. The molecule has 0 aromatic rings. The zero-order chi connectivity index (χ0) is 4.99. The van der Waals surface area contributed by atoms with Crippen LogP contribution in [-0.4, -0.2) is 31.9 Å². The fourth-order valence-electron chi connectivity index (χ4n) is 0.0589.